The third kappa shape index (κ3) is 4.53. The predicted octanol–water partition coefficient (Wildman–Crippen LogP) is 3.61. The average Bonchev–Trinajstić information content (AvgIpc) is 2.77. The number of nitrogens with zero attached hydrogens (tertiary/aromatic N) is 1. The third-order valence-corrected chi connectivity index (χ3v) is 8.86. The van der Waals surface area contributed by atoms with Crippen LogP contribution in [0, 0.1) is 18.7 Å². The molecule has 0 aromatic heterocycles. The smallest absolute Gasteiger partial charge is 0.243 e. The van der Waals surface area contributed by atoms with Crippen molar-refractivity contribution < 1.29 is 22.4 Å². The minimum atomic E-state index is -3.75. The van der Waals surface area contributed by atoms with Crippen molar-refractivity contribution in [2.75, 3.05) is 23.7 Å². The van der Waals surface area contributed by atoms with E-state index in [4.69, 9.17) is 0 Å². The summed E-state index contributed by atoms with van der Waals surface area (Å²) in [6.07, 6.45) is 0.739. The fourth-order valence-corrected chi connectivity index (χ4v) is 6.20. The Morgan fingerprint density at radius 2 is 1.91 bits per heavy atom. The highest BCUT2D eigenvalue weighted by Gasteiger charge is 2.33. The zero-order valence-corrected chi connectivity index (χ0v) is 19.4. The number of benzene rings is 2. The number of sulfonamides is 1. The maximum atomic E-state index is 13.7. The van der Waals surface area contributed by atoms with Crippen molar-refractivity contribution >= 4 is 45.0 Å². The molecule has 0 bridgehead atoms. The van der Waals surface area contributed by atoms with Crippen LogP contribution in [0.3, 0.4) is 0 Å². The summed E-state index contributed by atoms with van der Waals surface area (Å²) in [4.78, 5) is 25.4. The molecular weight excluding hydrogens is 453 g/mol. The number of thioether (sulfide) groups is 1. The van der Waals surface area contributed by atoms with Crippen molar-refractivity contribution in [3.8, 4) is 0 Å². The van der Waals surface area contributed by atoms with Gasteiger partial charge in [0.25, 0.3) is 0 Å². The summed E-state index contributed by atoms with van der Waals surface area (Å²) < 4.78 is 41.3. The van der Waals surface area contributed by atoms with Crippen LogP contribution >= 0.6 is 11.8 Å². The van der Waals surface area contributed by atoms with E-state index >= 15 is 0 Å². The molecule has 0 spiro atoms. The van der Waals surface area contributed by atoms with Gasteiger partial charge in [0.2, 0.25) is 21.8 Å². The van der Waals surface area contributed by atoms with E-state index in [1.807, 2.05) is 0 Å². The van der Waals surface area contributed by atoms with E-state index in [1.165, 1.54) is 28.2 Å². The van der Waals surface area contributed by atoms with E-state index in [9.17, 15) is 22.4 Å². The molecule has 2 aliphatic heterocycles. The molecule has 170 valence electrons. The van der Waals surface area contributed by atoms with Crippen LogP contribution in [0.5, 0.6) is 0 Å². The summed E-state index contributed by atoms with van der Waals surface area (Å²) in [6.45, 7) is 3.85. The van der Waals surface area contributed by atoms with E-state index < -0.39 is 15.8 Å². The minimum Gasteiger partial charge on any atom is -0.326 e. The van der Waals surface area contributed by atoms with Crippen molar-refractivity contribution in [1.29, 1.82) is 0 Å². The first-order chi connectivity index (χ1) is 15.1. The fourth-order valence-electron chi connectivity index (χ4n) is 3.77. The molecule has 32 heavy (non-hydrogen) atoms. The number of nitrogens with one attached hydrogen (secondary N) is 2. The molecule has 0 aliphatic carbocycles. The number of piperidine rings is 1. The zero-order chi connectivity index (χ0) is 23.0. The van der Waals surface area contributed by atoms with Gasteiger partial charge in [0.05, 0.1) is 15.8 Å². The molecule has 7 nitrogen and oxygen atoms in total. The Kier molecular flexibility index (Phi) is 6.28. The summed E-state index contributed by atoms with van der Waals surface area (Å²) in [5, 5.41) is 5.24. The standard InChI is InChI=1S/C22H24FN3O4S2/c1-13-3-4-16(11-18(13)23)24-22(28)15-7-9-26(10-8-15)32(29,30)17-5-6-20-19(12-17)25-21(27)14(2)31-20/h3-6,11-12,14-15H,7-10H2,1-2H3,(H,24,28)(H,25,27)/t14-/m0/s1. The number of carbonyl (C=O) groups excluding carboxylic acids is 2. The zero-order valence-electron chi connectivity index (χ0n) is 17.7. The highest BCUT2D eigenvalue weighted by molar-refractivity contribution is 8.01. The second-order valence-corrected chi connectivity index (χ2v) is 11.4. The van der Waals surface area contributed by atoms with Crippen molar-refractivity contribution in [2.45, 2.75) is 41.7 Å². The Balaban J connectivity index is 1.41. The number of anilines is 2. The number of hydrogen-bond acceptors (Lipinski definition) is 5. The van der Waals surface area contributed by atoms with Crippen molar-refractivity contribution in [1.82, 2.24) is 4.31 Å². The van der Waals surface area contributed by atoms with Gasteiger partial charge in [0.15, 0.2) is 0 Å². The number of fused-ring (bicyclic) bond motifs is 1. The largest absolute Gasteiger partial charge is 0.326 e. The topological polar surface area (TPSA) is 95.6 Å². The SMILES string of the molecule is Cc1ccc(NC(=O)C2CCN(S(=O)(=O)c3ccc4c(c3)NC(=O)[C@H](C)S4)CC2)cc1F. The molecule has 2 N–H and O–H groups in total. The lowest BCUT2D eigenvalue weighted by Crippen LogP contribution is -2.41. The average molecular weight is 478 g/mol. The van der Waals surface area contributed by atoms with E-state index in [2.05, 4.69) is 10.6 Å². The quantitative estimate of drug-likeness (QED) is 0.702. The molecule has 1 saturated heterocycles. The second-order valence-electron chi connectivity index (χ2n) is 8.04. The number of rotatable bonds is 4. The van der Waals surface area contributed by atoms with Gasteiger partial charge in [-0.25, -0.2) is 12.8 Å². The molecule has 2 aromatic rings. The van der Waals surface area contributed by atoms with Gasteiger partial charge in [-0.3, -0.25) is 9.59 Å². The Morgan fingerprint density at radius 1 is 1.19 bits per heavy atom. The maximum absolute atomic E-state index is 13.7. The Hall–Kier alpha value is -2.43. The number of halogens is 1. The molecule has 0 radical (unpaired) electrons. The van der Waals surface area contributed by atoms with E-state index in [0.29, 0.717) is 29.8 Å². The number of hydrogen-bond donors (Lipinski definition) is 2. The Bertz CT molecular complexity index is 1180. The number of aryl methyl sites for hydroxylation is 1. The molecule has 2 aromatic carbocycles. The van der Waals surface area contributed by atoms with Gasteiger partial charge in [0.1, 0.15) is 5.82 Å². The number of amides is 2. The van der Waals surface area contributed by atoms with Crippen molar-refractivity contribution in [2.24, 2.45) is 5.92 Å². The first-order valence-electron chi connectivity index (χ1n) is 10.3. The van der Waals surface area contributed by atoms with E-state index in [0.717, 1.165) is 4.90 Å². The van der Waals surface area contributed by atoms with Gasteiger partial charge in [-0.2, -0.15) is 4.31 Å². The molecule has 1 atom stereocenters. The van der Waals surface area contributed by atoms with Crippen molar-refractivity contribution in [3.63, 3.8) is 0 Å². The fraction of sp³-hybridized carbons (Fsp3) is 0.364. The van der Waals surface area contributed by atoms with Crippen LogP contribution in [0.4, 0.5) is 15.8 Å². The summed E-state index contributed by atoms with van der Waals surface area (Å²) in [6, 6.07) is 9.27. The van der Waals surface area contributed by atoms with Crippen molar-refractivity contribution in [3.05, 3.63) is 47.8 Å². The van der Waals surface area contributed by atoms with Crippen LogP contribution in [0.15, 0.2) is 46.2 Å². The lowest BCUT2D eigenvalue weighted by molar-refractivity contribution is -0.121. The highest BCUT2D eigenvalue weighted by atomic mass is 32.2. The molecule has 1 fully saturated rings. The Morgan fingerprint density at radius 3 is 2.59 bits per heavy atom. The Labute approximate surface area is 190 Å². The van der Waals surface area contributed by atoms with E-state index in [-0.39, 0.29) is 41.0 Å². The first kappa shape index (κ1) is 22.8. The summed E-state index contributed by atoms with van der Waals surface area (Å²) in [5.41, 5.74) is 1.38. The van der Waals surface area contributed by atoms with Gasteiger partial charge in [0, 0.05) is 29.6 Å². The molecular formula is C22H24FN3O4S2. The predicted molar refractivity (Wildman–Crippen MR) is 122 cm³/mol. The van der Waals surface area contributed by atoms with Gasteiger partial charge in [-0.15, -0.1) is 11.8 Å². The van der Waals surface area contributed by atoms with Crippen LogP contribution in [0.2, 0.25) is 0 Å². The second kappa shape index (κ2) is 8.84. The van der Waals surface area contributed by atoms with Crippen LogP contribution < -0.4 is 10.6 Å². The highest BCUT2D eigenvalue weighted by Crippen LogP contribution is 2.37. The summed E-state index contributed by atoms with van der Waals surface area (Å²) in [7, 11) is -3.75. The molecule has 4 rings (SSSR count). The molecule has 2 amide bonds. The van der Waals surface area contributed by atoms with Crippen LogP contribution in [0.25, 0.3) is 0 Å². The third-order valence-electron chi connectivity index (χ3n) is 5.78. The monoisotopic (exact) mass is 477 g/mol. The lowest BCUT2D eigenvalue weighted by atomic mass is 9.97. The lowest BCUT2D eigenvalue weighted by Gasteiger charge is -2.31. The number of carbonyl (C=O) groups is 2. The minimum absolute atomic E-state index is 0.115. The van der Waals surface area contributed by atoms with Crippen LogP contribution in [-0.2, 0) is 19.6 Å². The molecule has 0 saturated carbocycles. The van der Waals surface area contributed by atoms with Gasteiger partial charge in [-0.05, 0) is 62.6 Å². The van der Waals surface area contributed by atoms with Crippen LogP contribution in [-0.4, -0.2) is 42.9 Å². The van der Waals surface area contributed by atoms with E-state index in [1.54, 1.807) is 38.1 Å². The first-order valence-corrected chi connectivity index (χ1v) is 12.7. The summed E-state index contributed by atoms with van der Waals surface area (Å²) >= 11 is 1.39. The van der Waals surface area contributed by atoms with Gasteiger partial charge < -0.3 is 10.6 Å². The normalized spacial score (nSPS) is 19.8. The molecule has 2 aliphatic rings. The molecule has 0 unspecified atom stereocenters. The molecule has 10 heteroatoms. The maximum Gasteiger partial charge on any atom is 0.243 e. The van der Waals surface area contributed by atoms with Gasteiger partial charge >= 0.3 is 0 Å². The molecule has 2 heterocycles. The van der Waals surface area contributed by atoms with Gasteiger partial charge in [-0.1, -0.05) is 6.07 Å². The summed E-state index contributed by atoms with van der Waals surface area (Å²) in [5.74, 6) is -1.14. The van der Waals surface area contributed by atoms with Crippen LogP contribution in [0.1, 0.15) is 25.3 Å².